The average Bonchev–Trinajstić information content (AvgIpc) is 2.53. The molecule has 0 aliphatic carbocycles. The number of nitrogens with one attached hydrogen (secondary N) is 1. The number of amides is 2. The van der Waals surface area contributed by atoms with Crippen LogP contribution in [-0.2, 0) is 19.1 Å². The van der Waals surface area contributed by atoms with Gasteiger partial charge in [0.15, 0.2) is 6.10 Å². The van der Waals surface area contributed by atoms with Crippen molar-refractivity contribution in [1.82, 2.24) is 10.2 Å². The van der Waals surface area contributed by atoms with Crippen molar-refractivity contribution >= 4 is 11.8 Å². The third-order valence-corrected chi connectivity index (χ3v) is 3.76. The molecule has 0 saturated carbocycles. The number of likely N-dealkylation sites (N-methyl/N-ethyl adjacent to an activating group) is 1. The number of nitrogens with zero attached hydrogens (tertiary/aromatic N) is 1. The maximum absolute atomic E-state index is 13.5. The standard InChI is InChI=1S/C16H21FN2O4/c1-19-13(20)10-23-15(16(21)18-7-4-8-22-2)14(19)11-5-3-6-12(17)9-11/h3,5-6,9,14-15H,4,7-8,10H2,1-2H3,(H,18,21)/t14-,15-/m1/s1. The van der Waals surface area contributed by atoms with Crippen LogP contribution in [0.3, 0.4) is 0 Å². The molecule has 1 saturated heterocycles. The number of rotatable bonds is 6. The fraction of sp³-hybridized carbons (Fsp3) is 0.500. The SMILES string of the molecule is COCCCNC(=O)[C@@H]1OCC(=O)N(C)[C@@H]1c1cccc(F)c1. The zero-order chi connectivity index (χ0) is 16.8. The average molecular weight is 324 g/mol. The highest BCUT2D eigenvalue weighted by molar-refractivity contribution is 5.86. The van der Waals surface area contributed by atoms with Crippen LogP contribution < -0.4 is 5.32 Å². The van der Waals surface area contributed by atoms with E-state index in [1.54, 1.807) is 26.3 Å². The van der Waals surface area contributed by atoms with Crippen molar-refractivity contribution in [3.63, 3.8) is 0 Å². The van der Waals surface area contributed by atoms with Crippen LogP contribution >= 0.6 is 0 Å². The largest absolute Gasteiger partial charge is 0.385 e. The second-order valence-electron chi connectivity index (χ2n) is 5.37. The first-order chi connectivity index (χ1) is 11.0. The molecule has 2 rings (SSSR count). The minimum atomic E-state index is -0.873. The van der Waals surface area contributed by atoms with Crippen LogP contribution in [0.1, 0.15) is 18.0 Å². The van der Waals surface area contributed by atoms with Crippen molar-refractivity contribution in [3.05, 3.63) is 35.6 Å². The van der Waals surface area contributed by atoms with Gasteiger partial charge in [0.05, 0.1) is 6.04 Å². The van der Waals surface area contributed by atoms with E-state index >= 15 is 0 Å². The van der Waals surface area contributed by atoms with Crippen molar-refractivity contribution in [1.29, 1.82) is 0 Å². The molecule has 0 bridgehead atoms. The lowest BCUT2D eigenvalue weighted by molar-refractivity contribution is -0.162. The first-order valence-corrected chi connectivity index (χ1v) is 7.44. The second kappa shape index (κ2) is 8.03. The lowest BCUT2D eigenvalue weighted by Crippen LogP contribution is -2.53. The smallest absolute Gasteiger partial charge is 0.251 e. The number of hydrogen-bond donors (Lipinski definition) is 1. The minimum absolute atomic E-state index is 0.168. The number of hydrogen-bond acceptors (Lipinski definition) is 4. The van der Waals surface area contributed by atoms with Crippen LogP contribution in [0.25, 0.3) is 0 Å². The van der Waals surface area contributed by atoms with E-state index in [0.717, 1.165) is 0 Å². The van der Waals surface area contributed by atoms with Crippen molar-refractivity contribution in [2.75, 3.05) is 33.9 Å². The van der Waals surface area contributed by atoms with Gasteiger partial charge in [-0.2, -0.15) is 0 Å². The number of benzene rings is 1. The predicted octanol–water partition coefficient (Wildman–Crippen LogP) is 0.877. The Morgan fingerprint density at radius 2 is 2.30 bits per heavy atom. The number of halogens is 1. The van der Waals surface area contributed by atoms with Gasteiger partial charge in [0.1, 0.15) is 12.4 Å². The zero-order valence-electron chi connectivity index (χ0n) is 13.3. The van der Waals surface area contributed by atoms with E-state index in [1.165, 1.54) is 17.0 Å². The van der Waals surface area contributed by atoms with Crippen molar-refractivity contribution < 1.29 is 23.5 Å². The monoisotopic (exact) mass is 324 g/mol. The molecule has 2 amide bonds. The second-order valence-corrected chi connectivity index (χ2v) is 5.37. The van der Waals surface area contributed by atoms with Gasteiger partial charge in [0.25, 0.3) is 5.91 Å². The Kier molecular flexibility index (Phi) is 6.06. The Balaban J connectivity index is 2.15. The van der Waals surface area contributed by atoms with Gasteiger partial charge in [-0.25, -0.2) is 4.39 Å². The Morgan fingerprint density at radius 3 is 3.00 bits per heavy atom. The van der Waals surface area contributed by atoms with Gasteiger partial charge < -0.3 is 19.7 Å². The number of methoxy groups -OCH3 is 1. The summed E-state index contributed by atoms with van der Waals surface area (Å²) < 4.78 is 23.9. The van der Waals surface area contributed by atoms with E-state index < -0.39 is 18.0 Å². The summed E-state index contributed by atoms with van der Waals surface area (Å²) in [5.41, 5.74) is 0.526. The summed E-state index contributed by atoms with van der Waals surface area (Å²) in [6.07, 6.45) is -0.198. The number of morpholine rings is 1. The van der Waals surface area contributed by atoms with Crippen molar-refractivity contribution in [2.45, 2.75) is 18.6 Å². The molecular formula is C16H21FN2O4. The van der Waals surface area contributed by atoms with E-state index in [-0.39, 0.29) is 18.4 Å². The predicted molar refractivity (Wildman–Crippen MR) is 81.2 cm³/mol. The van der Waals surface area contributed by atoms with Crippen LogP contribution in [0.15, 0.2) is 24.3 Å². The van der Waals surface area contributed by atoms with Gasteiger partial charge in [-0.3, -0.25) is 9.59 Å². The van der Waals surface area contributed by atoms with Gasteiger partial charge in [-0.15, -0.1) is 0 Å². The number of carbonyl (C=O) groups is 2. The van der Waals surface area contributed by atoms with Gasteiger partial charge in [-0.05, 0) is 24.1 Å². The third kappa shape index (κ3) is 4.27. The van der Waals surface area contributed by atoms with Gasteiger partial charge in [0.2, 0.25) is 5.91 Å². The van der Waals surface area contributed by atoms with E-state index in [9.17, 15) is 14.0 Å². The van der Waals surface area contributed by atoms with Crippen molar-refractivity contribution in [2.24, 2.45) is 0 Å². The molecule has 7 heteroatoms. The van der Waals surface area contributed by atoms with E-state index in [1.807, 2.05) is 0 Å². The molecule has 0 unspecified atom stereocenters. The summed E-state index contributed by atoms with van der Waals surface area (Å²) in [5, 5.41) is 2.76. The molecule has 1 aliphatic heterocycles. The highest BCUT2D eigenvalue weighted by Crippen LogP contribution is 2.29. The molecular weight excluding hydrogens is 303 g/mol. The summed E-state index contributed by atoms with van der Waals surface area (Å²) in [5.74, 6) is -0.995. The third-order valence-electron chi connectivity index (χ3n) is 3.76. The molecule has 1 aromatic carbocycles. The number of ether oxygens (including phenoxy) is 2. The molecule has 1 N–H and O–H groups in total. The number of carbonyl (C=O) groups excluding carboxylic acids is 2. The van der Waals surface area contributed by atoms with E-state index in [2.05, 4.69) is 5.32 Å². The zero-order valence-corrected chi connectivity index (χ0v) is 13.3. The van der Waals surface area contributed by atoms with Crippen molar-refractivity contribution in [3.8, 4) is 0 Å². The summed E-state index contributed by atoms with van der Waals surface area (Å²) in [6, 6.07) is 5.19. The van der Waals surface area contributed by atoms with Crippen LogP contribution in [-0.4, -0.2) is 56.7 Å². The molecule has 0 aromatic heterocycles. The molecule has 1 aliphatic rings. The van der Waals surface area contributed by atoms with Gasteiger partial charge in [-0.1, -0.05) is 12.1 Å². The summed E-state index contributed by atoms with van der Waals surface area (Å²) in [6.45, 7) is 0.816. The highest BCUT2D eigenvalue weighted by atomic mass is 19.1. The molecule has 1 aromatic rings. The highest BCUT2D eigenvalue weighted by Gasteiger charge is 2.39. The Morgan fingerprint density at radius 1 is 1.52 bits per heavy atom. The Labute approximate surface area is 134 Å². The normalized spacial score (nSPS) is 21.3. The van der Waals surface area contributed by atoms with Crippen LogP contribution in [0.4, 0.5) is 4.39 Å². The minimum Gasteiger partial charge on any atom is -0.385 e. The molecule has 1 fully saturated rings. The van der Waals surface area contributed by atoms with Gasteiger partial charge in [0, 0.05) is 27.3 Å². The summed E-state index contributed by atoms with van der Waals surface area (Å²) >= 11 is 0. The first kappa shape index (κ1) is 17.4. The molecule has 0 spiro atoms. The van der Waals surface area contributed by atoms with Crippen LogP contribution in [0, 0.1) is 5.82 Å². The lowest BCUT2D eigenvalue weighted by atomic mass is 9.97. The molecule has 126 valence electrons. The lowest BCUT2D eigenvalue weighted by Gasteiger charge is -2.38. The maximum Gasteiger partial charge on any atom is 0.251 e. The fourth-order valence-corrected chi connectivity index (χ4v) is 2.55. The molecule has 1 heterocycles. The molecule has 0 radical (unpaired) electrons. The summed E-state index contributed by atoms with van der Waals surface area (Å²) in [7, 11) is 3.18. The Hall–Kier alpha value is -1.99. The first-order valence-electron chi connectivity index (χ1n) is 7.44. The van der Waals surface area contributed by atoms with Crippen LogP contribution in [0.5, 0.6) is 0 Å². The molecule has 6 nitrogen and oxygen atoms in total. The Bertz CT molecular complexity index is 567. The van der Waals surface area contributed by atoms with E-state index in [4.69, 9.17) is 9.47 Å². The topological polar surface area (TPSA) is 67.9 Å². The quantitative estimate of drug-likeness (QED) is 0.789. The molecule has 23 heavy (non-hydrogen) atoms. The fourth-order valence-electron chi connectivity index (χ4n) is 2.55. The van der Waals surface area contributed by atoms with Crippen LogP contribution in [0.2, 0.25) is 0 Å². The summed E-state index contributed by atoms with van der Waals surface area (Å²) in [4.78, 5) is 25.7. The maximum atomic E-state index is 13.5. The van der Waals surface area contributed by atoms with Gasteiger partial charge >= 0.3 is 0 Å². The van der Waals surface area contributed by atoms with E-state index in [0.29, 0.717) is 25.1 Å². The molecule has 2 atom stereocenters.